The summed E-state index contributed by atoms with van der Waals surface area (Å²) in [6, 6.07) is 3.95. The zero-order valence-corrected chi connectivity index (χ0v) is 14.3. The number of rotatable bonds is 2. The molecule has 0 saturated carbocycles. The lowest BCUT2D eigenvalue weighted by Crippen LogP contribution is -2.26. The van der Waals surface area contributed by atoms with E-state index >= 15 is 0 Å². The van der Waals surface area contributed by atoms with Gasteiger partial charge in [0.25, 0.3) is 5.89 Å². The largest absolute Gasteiger partial charge is 0.360 e. The molecule has 0 N–H and O–H groups in total. The highest BCUT2D eigenvalue weighted by Gasteiger charge is 2.34. The Labute approximate surface area is 138 Å². The molecule has 1 atom stereocenters. The van der Waals surface area contributed by atoms with Crippen molar-refractivity contribution >= 4 is 11.3 Å². The van der Waals surface area contributed by atoms with E-state index in [9.17, 15) is 0 Å². The molecule has 0 amide bonds. The van der Waals surface area contributed by atoms with Gasteiger partial charge in [0.05, 0.1) is 4.88 Å². The average Bonchev–Trinajstić information content (AvgIpc) is 3.24. The van der Waals surface area contributed by atoms with Gasteiger partial charge in [0.2, 0.25) is 5.82 Å². The number of hydrogen-bond donors (Lipinski definition) is 0. The fourth-order valence-corrected chi connectivity index (χ4v) is 3.79. The van der Waals surface area contributed by atoms with Crippen LogP contribution in [-0.2, 0) is 12.8 Å². The van der Waals surface area contributed by atoms with Crippen LogP contribution in [0.3, 0.4) is 0 Å². The van der Waals surface area contributed by atoms with Gasteiger partial charge in [0.15, 0.2) is 5.69 Å². The molecule has 5 nitrogen and oxygen atoms in total. The lowest BCUT2D eigenvalue weighted by Gasteiger charge is -2.33. The molecule has 23 heavy (non-hydrogen) atoms. The third-order valence-corrected chi connectivity index (χ3v) is 5.50. The highest BCUT2D eigenvalue weighted by atomic mass is 32.1. The van der Waals surface area contributed by atoms with Crippen LogP contribution in [-0.4, -0.2) is 15.3 Å². The maximum absolute atomic E-state index is 5.53. The molecule has 1 aliphatic carbocycles. The van der Waals surface area contributed by atoms with Crippen LogP contribution in [0.15, 0.2) is 26.6 Å². The summed E-state index contributed by atoms with van der Waals surface area (Å²) >= 11 is 1.59. The first-order valence-electron chi connectivity index (χ1n) is 7.88. The van der Waals surface area contributed by atoms with Crippen LogP contribution in [0.2, 0.25) is 0 Å². The smallest absolute Gasteiger partial charge is 0.280 e. The normalized spacial score (nSPS) is 18.1. The van der Waals surface area contributed by atoms with Gasteiger partial charge in [-0.05, 0) is 35.6 Å². The molecule has 1 unspecified atom stereocenters. The summed E-state index contributed by atoms with van der Waals surface area (Å²) in [5, 5.41) is 10.3. The zero-order chi connectivity index (χ0) is 16.0. The van der Waals surface area contributed by atoms with Crippen molar-refractivity contribution in [1.29, 1.82) is 0 Å². The van der Waals surface area contributed by atoms with Crippen LogP contribution in [0, 0.1) is 11.3 Å². The van der Waals surface area contributed by atoms with Crippen molar-refractivity contribution in [3.05, 3.63) is 28.8 Å². The molecule has 0 fully saturated rings. The van der Waals surface area contributed by atoms with E-state index in [1.165, 1.54) is 0 Å². The third-order valence-electron chi connectivity index (χ3n) is 4.63. The maximum Gasteiger partial charge on any atom is 0.280 e. The van der Waals surface area contributed by atoms with Gasteiger partial charge in [-0.25, -0.2) is 0 Å². The maximum atomic E-state index is 5.53. The third kappa shape index (κ3) is 2.61. The fourth-order valence-electron chi connectivity index (χ4n) is 3.14. The van der Waals surface area contributed by atoms with Crippen molar-refractivity contribution in [2.24, 2.45) is 11.3 Å². The predicted octanol–water partition coefficient (Wildman–Crippen LogP) is 4.60. The van der Waals surface area contributed by atoms with E-state index in [1.807, 2.05) is 17.5 Å². The highest BCUT2D eigenvalue weighted by molar-refractivity contribution is 7.13. The van der Waals surface area contributed by atoms with Crippen molar-refractivity contribution in [3.63, 3.8) is 0 Å². The number of fused-ring (bicyclic) bond motifs is 1. The summed E-state index contributed by atoms with van der Waals surface area (Å²) in [6.07, 6.45) is 3.01. The van der Waals surface area contributed by atoms with Crippen LogP contribution in [0.1, 0.15) is 38.5 Å². The Hall–Kier alpha value is -1.95. The second kappa shape index (κ2) is 5.30. The molecule has 3 heterocycles. The van der Waals surface area contributed by atoms with Gasteiger partial charge < -0.3 is 9.05 Å². The van der Waals surface area contributed by atoms with E-state index in [0.29, 0.717) is 23.3 Å². The van der Waals surface area contributed by atoms with Crippen LogP contribution >= 0.6 is 11.3 Å². The van der Waals surface area contributed by atoms with Gasteiger partial charge in [0, 0.05) is 12.0 Å². The number of nitrogens with zero attached hydrogens (tertiary/aromatic N) is 3. The van der Waals surface area contributed by atoms with E-state index in [0.717, 1.165) is 35.5 Å². The van der Waals surface area contributed by atoms with Crippen LogP contribution in [0.25, 0.3) is 22.3 Å². The molecule has 0 saturated heterocycles. The number of aryl methyl sites for hydroxylation is 1. The molecule has 4 rings (SSSR count). The average molecular weight is 329 g/mol. The molecule has 0 bridgehead atoms. The van der Waals surface area contributed by atoms with Gasteiger partial charge in [-0.2, -0.15) is 4.98 Å². The van der Waals surface area contributed by atoms with Crippen LogP contribution < -0.4 is 0 Å². The molecule has 3 aromatic rings. The van der Waals surface area contributed by atoms with E-state index in [1.54, 1.807) is 11.3 Å². The standard InChI is InChI=1S/C17H19N3O2S/c1-17(2,3)10-6-7-12-11(9-10)14(19-21-12)16-18-15(20-22-16)13-5-4-8-23-13/h4-5,8,10H,6-7,9H2,1-3H3. The molecule has 3 aromatic heterocycles. The highest BCUT2D eigenvalue weighted by Crippen LogP contribution is 2.40. The Kier molecular flexibility index (Phi) is 3.37. The molecular weight excluding hydrogens is 310 g/mol. The van der Waals surface area contributed by atoms with Crippen LogP contribution in [0.4, 0.5) is 0 Å². The van der Waals surface area contributed by atoms with Gasteiger partial charge in [-0.15, -0.1) is 11.3 Å². The van der Waals surface area contributed by atoms with E-state index in [2.05, 4.69) is 36.1 Å². The lowest BCUT2D eigenvalue weighted by atomic mass is 9.71. The number of hydrogen-bond acceptors (Lipinski definition) is 6. The lowest BCUT2D eigenvalue weighted by molar-refractivity contribution is 0.206. The SMILES string of the molecule is CC(C)(C)C1CCc2onc(-c3nc(-c4cccs4)no3)c2C1. The summed E-state index contributed by atoms with van der Waals surface area (Å²) in [7, 11) is 0. The molecule has 0 spiro atoms. The van der Waals surface area contributed by atoms with Crippen LogP contribution in [0.5, 0.6) is 0 Å². The Bertz CT molecular complexity index is 811. The first-order chi connectivity index (χ1) is 11.0. The van der Waals surface area contributed by atoms with E-state index in [-0.39, 0.29) is 5.41 Å². The minimum atomic E-state index is 0.267. The molecule has 120 valence electrons. The predicted molar refractivity (Wildman–Crippen MR) is 88.1 cm³/mol. The summed E-state index contributed by atoms with van der Waals surface area (Å²) < 4.78 is 11.0. The number of thiophene rings is 1. The second-order valence-corrected chi connectivity index (χ2v) is 8.09. The van der Waals surface area contributed by atoms with Gasteiger partial charge >= 0.3 is 0 Å². The Morgan fingerprint density at radius 3 is 2.83 bits per heavy atom. The topological polar surface area (TPSA) is 65.0 Å². The molecular formula is C17H19N3O2S. The quantitative estimate of drug-likeness (QED) is 0.687. The Balaban J connectivity index is 1.68. The molecule has 0 aliphatic heterocycles. The minimum Gasteiger partial charge on any atom is -0.360 e. The van der Waals surface area contributed by atoms with Crippen molar-refractivity contribution in [2.45, 2.75) is 40.0 Å². The number of aromatic nitrogens is 3. The zero-order valence-electron chi connectivity index (χ0n) is 13.5. The molecule has 1 aliphatic rings. The summed E-state index contributed by atoms with van der Waals surface area (Å²) in [5.74, 6) is 2.63. The van der Waals surface area contributed by atoms with Crippen molar-refractivity contribution in [1.82, 2.24) is 15.3 Å². The Morgan fingerprint density at radius 2 is 2.09 bits per heavy atom. The van der Waals surface area contributed by atoms with Gasteiger partial charge in [0.1, 0.15) is 5.76 Å². The van der Waals surface area contributed by atoms with E-state index < -0.39 is 0 Å². The van der Waals surface area contributed by atoms with Gasteiger partial charge in [-0.1, -0.05) is 37.2 Å². The molecule has 6 heteroatoms. The second-order valence-electron chi connectivity index (χ2n) is 7.14. The summed E-state index contributed by atoms with van der Waals surface area (Å²) in [5.41, 5.74) is 2.12. The monoisotopic (exact) mass is 329 g/mol. The Morgan fingerprint density at radius 1 is 1.22 bits per heavy atom. The fraction of sp³-hybridized carbons (Fsp3) is 0.471. The van der Waals surface area contributed by atoms with Gasteiger partial charge in [-0.3, -0.25) is 0 Å². The summed E-state index contributed by atoms with van der Waals surface area (Å²) in [4.78, 5) is 5.49. The van der Waals surface area contributed by atoms with Crippen molar-refractivity contribution in [2.75, 3.05) is 0 Å². The first kappa shape index (κ1) is 14.6. The van der Waals surface area contributed by atoms with Crippen molar-refractivity contribution in [3.8, 4) is 22.3 Å². The minimum absolute atomic E-state index is 0.267. The molecule has 0 aromatic carbocycles. The van der Waals surface area contributed by atoms with E-state index in [4.69, 9.17) is 9.05 Å². The molecule has 0 radical (unpaired) electrons. The first-order valence-corrected chi connectivity index (χ1v) is 8.75. The van der Waals surface area contributed by atoms with Crippen molar-refractivity contribution < 1.29 is 9.05 Å². The summed E-state index contributed by atoms with van der Waals surface area (Å²) in [6.45, 7) is 6.87.